The number of amides is 2. The summed E-state index contributed by atoms with van der Waals surface area (Å²) in [4.78, 5) is 12.0. The fraction of sp³-hybridized carbons (Fsp3) is 0.188. The first-order valence-electron chi connectivity index (χ1n) is 7.28. The summed E-state index contributed by atoms with van der Waals surface area (Å²) in [5.74, 6) is -0.537. The highest BCUT2D eigenvalue weighted by atomic mass is 32.2. The third-order valence-electron chi connectivity index (χ3n) is 3.72. The van der Waals surface area contributed by atoms with Crippen LogP contribution in [-0.4, -0.2) is 27.2 Å². The first-order chi connectivity index (χ1) is 11.3. The lowest BCUT2D eigenvalue weighted by molar-refractivity contribution is 0.262. The molecule has 0 aromatic heterocycles. The van der Waals surface area contributed by atoms with E-state index in [1.165, 1.54) is 22.5 Å². The molecule has 1 heterocycles. The molecular formula is C16H16FN3O3S. The Balaban J connectivity index is 1.77. The fourth-order valence-electron chi connectivity index (χ4n) is 2.62. The van der Waals surface area contributed by atoms with Gasteiger partial charge in [0.2, 0.25) is 10.0 Å². The molecule has 2 aromatic rings. The number of carbonyl (C=O) groups is 1. The van der Waals surface area contributed by atoms with Crippen LogP contribution in [0.15, 0.2) is 42.5 Å². The lowest BCUT2D eigenvalue weighted by Gasteiger charge is -2.17. The van der Waals surface area contributed by atoms with Gasteiger partial charge in [0.05, 0.1) is 17.6 Å². The molecule has 0 saturated heterocycles. The molecular weight excluding hydrogens is 333 g/mol. The van der Waals surface area contributed by atoms with Gasteiger partial charge in [0, 0.05) is 12.2 Å². The quantitative estimate of drug-likeness (QED) is 0.894. The van der Waals surface area contributed by atoms with Crippen LogP contribution in [0.4, 0.5) is 26.2 Å². The standard InChI is InChI=1S/C16H16FN3O3S/c1-24(22,23)20-9-8-11-6-7-12(10-15(11)20)18-16(21)19-14-5-3-2-4-13(14)17/h2-7,10H,8-9H2,1H3,(H2,18,19,21). The number of carbonyl (C=O) groups excluding carboxylic acids is 1. The molecule has 24 heavy (non-hydrogen) atoms. The Morgan fingerprint density at radius 1 is 1.17 bits per heavy atom. The molecule has 0 saturated carbocycles. The van der Waals surface area contributed by atoms with Crippen LogP contribution in [0.2, 0.25) is 0 Å². The number of fused-ring (bicyclic) bond motifs is 1. The molecule has 0 spiro atoms. The maximum absolute atomic E-state index is 13.5. The van der Waals surface area contributed by atoms with Gasteiger partial charge in [-0.15, -0.1) is 0 Å². The lowest BCUT2D eigenvalue weighted by Crippen LogP contribution is -2.27. The van der Waals surface area contributed by atoms with E-state index in [0.717, 1.165) is 11.8 Å². The van der Waals surface area contributed by atoms with E-state index < -0.39 is 21.9 Å². The van der Waals surface area contributed by atoms with Gasteiger partial charge >= 0.3 is 6.03 Å². The van der Waals surface area contributed by atoms with Gasteiger partial charge in [-0.2, -0.15) is 0 Å². The van der Waals surface area contributed by atoms with Crippen molar-refractivity contribution in [2.24, 2.45) is 0 Å². The topological polar surface area (TPSA) is 78.5 Å². The van der Waals surface area contributed by atoms with E-state index in [1.807, 2.05) is 0 Å². The molecule has 2 N–H and O–H groups in total. The zero-order valence-corrected chi connectivity index (χ0v) is 13.7. The number of urea groups is 1. The monoisotopic (exact) mass is 349 g/mol. The molecule has 0 radical (unpaired) electrons. The van der Waals surface area contributed by atoms with Crippen molar-refractivity contribution in [3.8, 4) is 0 Å². The van der Waals surface area contributed by atoms with Gasteiger partial charge in [0.15, 0.2) is 0 Å². The second kappa shape index (κ2) is 6.12. The smallest absolute Gasteiger partial charge is 0.308 e. The van der Waals surface area contributed by atoms with Crippen LogP contribution in [0.5, 0.6) is 0 Å². The van der Waals surface area contributed by atoms with Gasteiger partial charge in [0.25, 0.3) is 0 Å². The molecule has 0 unspecified atom stereocenters. The van der Waals surface area contributed by atoms with Crippen LogP contribution in [0, 0.1) is 5.82 Å². The van der Waals surface area contributed by atoms with Crippen molar-refractivity contribution in [2.75, 3.05) is 27.7 Å². The van der Waals surface area contributed by atoms with Crippen LogP contribution in [0.1, 0.15) is 5.56 Å². The Labute approximate surface area is 139 Å². The minimum atomic E-state index is -3.36. The largest absolute Gasteiger partial charge is 0.323 e. The van der Waals surface area contributed by atoms with Crippen molar-refractivity contribution in [3.63, 3.8) is 0 Å². The third-order valence-corrected chi connectivity index (χ3v) is 4.90. The molecule has 0 fully saturated rings. The molecule has 8 heteroatoms. The summed E-state index contributed by atoms with van der Waals surface area (Å²) in [6, 6.07) is 10.3. The van der Waals surface area contributed by atoms with E-state index in [1.54, 1.807) is 24.3 Å². The van der Waals surface area contributed by atoms with E-state index in [2.05, 4.69) is 10.6 Å². The summed E-state index contributed by atoms with van der Waals surface area (Å²) in [5.41, 5.74) is 1.95. The van der Waals surface area contributed by atoms with E-state index >= 15 is 0 Å². The number of sulfonamides is 1. The van der Waals surface area contributed by atoms with Gasteiger partial charge in [-0.3, -0.25) is 4.31 Å². The third kappa shape index (κ3) is 3.33. The molecule has 1 aliphatic heterocycles. The van der Waals surface area contributed by atoms with Crippen molar-refractivity contribution in [1.29, 1.82) is 0 Å². The number of benzene rings is 2. The number of rotatable bonds is 3. The predicted octanol–water partition coefficient (Wildman–Crippen LogP) is 2.79. The number of hydrogen-bond acceptors (Lipinski definition) is 3. The van der Waals surface area contributed by atoms with Crippen LogP contribution in [0.3, 0.4) is 0 Å². The molecule has 3 rings (SSSR count). The Hall–Kier alpha value is -2.61. The number of para-hydroxylation sites is 1. The van der Waals surface area contributed by atoms with Crippen LogP contribution in [-0.2, 0) is 16.4 Å². The fourth-order valence-corrected chi connectivity index (χ4v) is 3.57. The minimum Gasteiger partial charge on any atom is -0.308 e. The summed E-state index contributed by atoms with van der Waals surface area (Å²) in [5, 5.41) is 4.99. The molecule has 1 aliphatic rings. The highest BCUT2D eigenvalue weighted by molar-refractivity contribution is 7.92. The zero-order valence-electron chi connectivity index (χ0n) is 12.9. The van der Waals surface area contributed by atoms with E-state index in [0.29, 0.717) is 24.3 Å². The molecule has 0 atom stereocenters. The van der Waals surface area contributed by atoms with Gasteiger partial charge in [-0.05, 0) is 36.2 Å². The molecule has 2 amide bonds. The second-order valence-corrected chi connectivity index (χ2v) is 7.39. The van der Waals surface area contributed by atoms with E-state index in [4.69, 9.17) is 0 Å². The summed E-state index contributed by atoms with van der Waals surface area (Å²) < 4.78 is 38.4. The van der Waals surface area contributed by atoms with Gasteiger partial charge in [-0.1, -0.05) is 18.2 Å². The molecule has 2 aromatic carbocycles. The molecule has 0 bridgehead atoms. The first-order valence-corrected chi connectivity index (χ1v) is 9.12. The van der Waals surface area contributed by atoms with Crippen LogP contribution >= 0.6 is 0 Å². The average molecular weight is 349 g/mol. The maximum atomic E-state index is 13.5. The average Bonchev–Trinajstić information content (AvgIpc) is 2.93. The van der Waals surface area contributed by atoms with Crippen molar-refractivity contribution < 1.29 is 17.6 Å². The molecule has 6 nitrogen and oxygen atoms in total. The highest BCUT2D eigenvalue weighted by Crippen LogP contribution is 2.32. The Bertz CT molecular complexity index is 899. The normalized spacial score (nSPS) is 13.5. The van der Waals surface area contributed by atoms with Crippen LogP contribution < -0.4 is 14.9 Å². The number of nitrogens with one attached hydrogen (secondary N) is 2. The van der Waals surface area contributed by atoms with Crippen molar-refractivity contribution in [1.82, 2.24) is 0 Å². The highest BCUT2D eigenvalue weighted by Gasteiger charge is 2.26. The van der Waals surface area contributed by atoms with Gasteiger partial charge < -0.3 is 10.6 Å². The van der Waals surface area contributed by atoms with Crippen molar-refractivity contribution in [3.05, 3.63) is 53.8 Å². The number of hydrogen-bond donors (Lipinski definition) is 2. The Morgan fingerprint density at radius 3 is 2.62 bits per heavy atom. The first kappa shape index (κ1) is 16.3. The minimum absolute atomic E-state index is 0.0638. The van der Waals surface area contributed by atoms with E-state index in [-0.39, 0.29) is 5.69 Å². The van der Waals surface area contributed by atoms with E-state index in [9.17, 15) is 17.6 Å². The Kier molecular flexibility index (Phi) is 4.15. The number of anilines is 3. The van der Waals surface area contributed by atoms with Crippen molar-refractivity contribution >= 4 is 33.1 Å². The predicted molar refractivity (Wildman–Crippen MR) is 91.4 cm³/mol. The molecule has 126 valence electrons. The summed E-state index contributed by atoms with van der Waals surface area (Å²) in [6.07, 6.45) is 1.77. The molecule has 0 aliphatic carbocycles. The second-order valence-electron chi connectivity index (χ2n) is 5.49. The summed E-state index contributed by atoms with van der Waals surface area (Å²) >= 11 is 0. The summed E-state index contributed by atoms with van der Waals surface area (Å²) in [7, 11) is -3.36. The van der Waals surface area contributed by atoms with Gasteiger partial charge in [-0.25, -0.2) is 17.6 Å². The summed E-state index contributed by atoms with van der Waals surface area (Å²) in [6.45, 7) is 0.388. The van der Waals surface area contributed by atoms with Crippen LogP contribution in [0.25, 0.3) is 0 Å². The number of halogens is 1. The van der Waals surface area contributed by atoms with Gasteiger partial charge in [0.1, 0.15) is 5.82 Å². The zero-order chi connectivity index (χ0) is 17.3. The maximum Gasteiger partial charge on any atom is 0.323 e. The number of nitrogens with zero attached hydrogens (tertiary/aromatic N) is 1. The lowest BCUT2D eigenvalue weighted by atomic mass is 10.1. The SMILES string of the molecule is CS(=O)(=O)N1CCc2ccc(NC(=O)Nc3ccccc3F)cc21. The Morgan fingerprint density at radius 2 is 1.92 bits per heavy atom. The van der Waals surface area contributed by atoms with Crippen molar-refractivity contribution in [2.45, 2.75) is 6.42 Å².